The van der Waals surface area contributed by atoms with Crippen LogP contribution in [0.15, 0.2) is 4.99 Å². The zero-order chi connectivity index (χ0) is 12.7. The van der Waals surface area contributed by atoms with Crippen molar-refractivity contribution < 1.29 is 4.74 Å². The Kier molecular flexibility index (Phi) is 6.29. The molecule has 0 radical (unpaired) electrons. The van der Waals surface area contributed by atoms with E-state index in [9.17, 15) is 0 Å². The van der Waals surface area contributed by atoms with Crippen molar-refractivity contribution in [2.75, 3.05) is 26.8 Å². The third-order valence-corrected chi connectivity index (χ3v) is 3.20. The van der Waals surface area contributed by atoms with Gasteiger partial charge in [-0.1, -0.05) is 6.92 Å². The van der Waals surface area contributed by atoms with Gasteiger partial charge >= 0.3 is 0 Å². The van der Waals surface area contributed by atoms with Gasteiger partial charge in [-0.2, -0.15) is 0 Å². The Hall–Kier alpha value is -0.810. The summed E-state index contributed by atoms with van der Waals surface area (Å²) < 4.78 is 5.08. The van der Waals surface area contributed by atoms with Gasteiger partial charge in [-0.15, -0.1) is 0 Å². The van der Waals surface area contributed by atoms with Crippen LogP contribution in [-0.2, 0) is 4.74 Å². The number of hydrogen-bond donors (Lipinski definition) is 2. The maximum atomic E-state index is 5.57. The number of guanidine groups is 1. The van der Waals surface area contributed by atoms with Gasteiger partial charge in [0.2, 0.25) is 5.96 Å². The van der Waals surface area contributed by atoms with Gasteiger partial charge in [0, 0.05) is 20.2 Å². The summed E-state index contributed by atoms with van der Waals surface area (Å²) in [5, 5.41) is 0. The smallest absolute Gasteiger partial charge is 0.208 e. The Morgan fingerprint density at radius 3 is 2.94 bits per heavy atom. The highest BCUT2D eigenvalue weighted by molar-refractivity contribution is 5.79. The first-order valence-corrected chi connectivity index (χ1v) is 6.45. The van der Waals surface area contributed by atoms with Crippen molar-refractivity contribution in [3.8, 4) is 0 Å². The number of likely N-dealkylation sites (tertiary alicyclic amines) is 1. The zero-order valence-electron chi connectivity index (χ0n) is 11.3. The molecule has 1 aliphatic heterocycles. The molecule has 0 bridgehead atoms. The number of nitrogens with one attached hydrogen (secondary N) is 1. The second-order valence-corrected chi connectivity index (χ2v) is 4.92. The average molecular weight is 242 g/mol. The summed E-state index contributed by atoms with van der Waals surface area (Å²) in [6, 6.07) is 0.131. The van der Waals surface area contributed by atoms with Crippen molar-refractivity contribution in [2.45, 2.75) is 39.2 Å². The lowest BCUT2D eigenvalue weighted by molar-refractivity contribution is 0.185. The first-order chi connectivity index (χ1) is 8.17. The Balaban J connectivity index is 2.59. The van der Waals surface area contributed by atoms with E-state index in [-0.39, 0.29) is 6.04 Å². The van der Waals surface area contributed by atoms with Gasteiger partial charge in [0.25, 0.3) is 0 Å². The predicted molar refractivity (Wildman–Crippen MR) is 70.7 cm³/mol. The minimum absolute atomic E-state index is 0.131. The van der Waals surface area contributed by atoms with Crippen LogP contribution in [0.5, 0.6) is 0 Å². The monoisotopic (exact) mass is 242 g/mol. The normalized spacial score (nSPS) is 24.4. The van der Waals surface area contributed by atoms with E-state index >= 15 is 0 Å². The molecule has 1 heterocycles. The summed E-state index contributed by atoms with van der Waals surface area (Å²) in [5.74, 6) is 7.17. The van der Waals surface area contributed by atoms with Gasteiger partial charge in [0.05, 0.1) is 12.6 Å². The van der Waals surface area contributed by atoms with Crippen LogP contribution in [0.3, 0.4) is 0 Å². The van der Waals surface area contributed by atoms with Crippen LogP contribution in [0.25, 0.3) is 0 Å². The Morgan fingerprint density at radius 2 is 2.29 bits per heavy atom. The van der Waals surface area contributed by atoms with Crippen LogP contribution in [-0.4, -0.2) is 43.7 Å². The number of hydrogen-bond acceptors (Lipinski definition) is 3. The minimum atomic E-state index is 0.131. The molecule has 3 N–H and O–H groups in total. The van der Waals surface area contributed by atoms with E-state index in [0.29, 0.717) is 6.61 Å². The van der Waals surface area contributed by atoms with E-state index in [4.69, 9.17) is 10.6 Å². The van der Waals surface area contributed by atoms with E-state index in [0.717, 1.165) is 25.0 Å². The first-order valence-electron chi connectivity index (χ1n) is 6.45. The van der Waals surface area contributed by atoms with Crippen molar-refractivity contribution >= 4 is 5.96 Å². The number of hydrazine groups is 1. The molecule has 0 aromatic rings. The number of aliphatic imine (C=N–C) groups is 1. The van der Waals surface area contributed by atoms with Crippen LogP contribution in [0.4, 0.5) is 0 Å². The molecule has 0 aromatic carbocycles. The summed E-state index contributed by atoms with van der Waals surface area (Å²) in [6.45, 7) is 7.03. The number of methoxy groups -OCH3 is 1. The summed E-state index contributed by atoms with van der Waals surface area (Å²) in [6.07, 6.45) is 3.71. The number of nitrogens with zero attached hydrogens (tertiary/aromatic N) is 2. The molecule has 17 heavy (non-hydrogen) atoms. The standard InChI is InChI=1S/C12H26N4O/c1-10-5-4-7-16(8-6-10)12(15-13)14-11(2)9-17-3/h10-11H,4-9,13H2,1-3H3,(H,14,15). The third kappa shape index (κ3) is 4.91. The fraction of sp³-hybridized carbons (Fsp3) is 0.917. The largest absolute Gasteiger partial charge is 0.382 e. The molecule has 0 spiro atoms. The molecule has 1 rings (SSSR count). The van der Waals surface area contributed by atoms with E-state index in [2.05, 4.69) is 22.2 Å². The molecule has 1 aliphatic rings. The highest BCUT2D eigenvalue weighted by Crippen LogP contribution is 2.16. The highest BCUT2D eigenvalue weighted by atomic mass is 16.5. The second kappa shape index (κ2) is 7.50. The van der Waals surface area contributed by atoms with E-state index in [1.165, 1.54) is 19.3 Å². The fourth-order valence-corrected chi connectivity index (χ4v) is 2.17. The summed E-state index contributed by atoms with van der Waals surface area (Å²) in [5.41, 5.74) is 2.72. The van der Waals surface area contributed by atoms with Crippen molar-refractivity contribution in [3.63, 3.8) is 0 Å². The van der Waals surface area contributed by atoms with E-state index in [1.54, 1.807) is 7.11 Å². The number of ether oxygens (including phenoxy) is 1. The quantitative estimate of drug-likeness (QED) is 0.335. The van der Waals surface area contributed by atoms with Gasteiger partial charge in [0.15, 0.2) is 0 Å². The van der Waals surface area contributed by atoms with Gasteiger partial charge < -0.3 is 9.64 Å². The van der Waals surface area contributed by atoms with E-state index < -0.39 is 0 Å². The fourth-order valence-electron chi connectivity index (χ4n) is 2.17. The molecule has 100 valence electrons. The third-order valence-electron chi connectivity index (χ3n) is 3.20. The van der Waals surface area contributed by atoms with Crippen molar-refractivity contribution in [2.24, 2.45) is 16.8 Å². The minimum Gasteiger partial charge on any atom is -0.382 e. The molecule has 1 saturated heterocycles. The Bertz CT molecular complexity index is 245. The van der Waals surface area contributed by atoms with E-state index in [1.807, 2.05) is 6.92 Å². The van der Waals surface area contributed by atoms with Crippen LogP contribution in [0.1, 0.15) is 33.1 Å². The lowest BCUT2D eigenvalue weighted by Crippen LogP contribution is -2.46. The van der Waals surface area contributed by atoms with Crippen LogP contribution < -0.4 is 11.3 Å². The topological polar surface area (TPSA) is 62.9 Å². The van der Waals surface area contributed by atoms with Gasteiger partial charge in [0.1, 0.15) is 0 Å². The lowest BCUT2D eigenvalue weighted by atomic mass is 10.0. The highest BCUT2D eigenvalue weighted by Gasteiger charge is 2.17. The van der Waals surface area contributed by atoms with Gasteiger partial charge in [-0.3, -0.25) is 5.43 Å². The summed E-state index contributed by atoms with van der Waals surface area (Å²) >= 11 is 0. The van der Waals surface area contributed by atoms with Crippen molar-refractivity contribution in [1.29, 1.82) is 0 Å². The van der Waals surface area contributed by atoms with Crippen molar-refractivity contribution in [1.82, 2.24) is 10.3 Å². The Morgan fingerprint density at radius 1 is 1.53 bits per heavy atom. The molecular formula is C12H26N4O. The average Bonchev–Trinajstić information content (AvgIpc) is 2.51. The molecule has 0 saturated carbocycles. The number of rotatable bonds is 3. The van der Waals surface area contributed by atoms with Crippen molar-refractivity contribution in [3.05, 3.63) is 0 Å². The maximum Gasteiger partial charge on any atom is 0.208 e. The molecule has 0 aromatic heterocycles. The molecule has 0 amide bonds. The number of nitrogens with two attached hydrogens (primary N) is 1. The summed E-state index contributed by atoms with van der Waals surface area (Å²) in [4.78, 5) is 6.80. The Labute approximate surface area is 104 Å². The van der Waals surface area contributed by atoms with Gasteiger partial charge in [-0.05, 0) is 32.1 Å². The first kappa shape index (κ1) is 14.3. The molecular weight excluding hydrogens is 216 g/mol. The van der Waals surface area contributed by atoms with Crippen LogP contribution >= 0.6 is 0 Å². The molecule has 0 aliphatic carbocycles. The molecule has 2 unspecified atom stereocenters. The zero-order valence-corrected chi connectivity index (χ0v) is 11.3. The molecule has 1 fully saturated rings. The summed E-state index contributed by atoms with van der Waals surface area (Å²) in [7, 11) is 1.69. The second-order valence-electron chi connectivity index (χ2n) is 4.92. The van der Waals surface area contributed by atoms with Crippen LogP contribution in [0, 0.1) is 5.92 Å². The molecule has 2 atom stereocenters. The molecule has 5 nitrogen and oxygen atoms in total. The lowest BCUT2D eigenvalue weighted by Gasteiger charge is -2.24. The van der Waals surface area contributed by atoms with Gasteiger partial charge in [-0.25, -0.2) is 10.8 Å². The SMILES string of the molecule is COCC(C)N=C(NN)N1CCCC(C)CC1. The molecule has 5 heteroatoms. The maximum absolute atomic E-state index is 5.57. The predicted octanol–water partition coefficient (Wildman–Crippen LogP) is 0.963. The van der Waals surface area contributed by atoms with Crippen LogP contribution in [0.2, 0.25) is 0 Å².